The minimum atomic E-state index is -0.718. The van der Waals surface area contributed by atoms with Crippen LogP contribution in [-0.4, -0.2) is 23.9 Å². The molecule has 24 heavy (non-hydrogen) atoms. The van der Waals surface area contributed by atoms with Crippen LogP contribution >= 0.6 is 0 Å². The smallest absolute Gasteiger partial charge is 0.244 e. The first kappa shape index (κ1) is 17.9. The predicted molar refractivity (Wildman–Crippen MR) is 97.5 cm³/mol. The van der Waals surface area contributed by atoms with Gasteiger partial charge in [0.25, 0.3) is 0 Å². The fourth-order valence-electron chi connectivity index (χ4n) is 2.80. The number of hydrogen-bond acceptors (Lipinski definition) is 3. The summed E-state index contributed by atoms with van der Waals surface area (Å²) < 4.78 is 0. The highest BCUT2D eigenvalue weighted by atomic mass is 16.2. The summed E-state index contributed by atoms with van der Waals surface area (Å²) in [5, 5.41) is 2.05. The summed E-state index contributed by atoms with van der Waals surface area (Å²) in [5.74, 6) is -0.619. The molecule has 0 aromatic heterocycles. The molecule has 0 saturated heterocycles. The van der Waals surface area contributed by atoms with Crippen LogP contribution in [0, 0.1) is 5.92 Å². The molecule has 2 amide bonds. The number of nitrogens with zero attached hydrogens (tertiary/aromatic N) is 1. The van der Waals surface area contributed by atoms with Crippen LogP contribution in [0.25, 0.3) is 10.8 Å². The van der Waals surface area contributed by atoms with Crippen LogP contribution in [0.4, 0.5) is 5.69 Å². The van der Waals surface area contributed by atoms with Gasteiger partial charge in [0.1, 0.15) is 6.04 Å². The summed E-state index contributed by atoms with van der Waals surface area (Å²) in [5.41, 5.74) is 12.1. The van der Waals surface area contributed by atoms with Gasteiger partial charge in [-0.3, -0.25) is 14.5 Å². The van der Waals surface area contributed by atoms with E-state index in [0.717, 1.165) is 10.8 Å². The van der Waals surface area contributed by atoms with Crippen molar-refractivity contribution in [2.75, 3.05) is 4.90 Å². The van der Waals surface area contributed by atoms with Crippen molar-refractivity contribution < 1.29 is 9.59 Å². The van der Waals surface area contributed by atoms with Gasteiger partial charge in [0.05, 0.1) is 6.04 Å². The molecule has 5 nitrogen and oxygen atoms in total. The average Bonchev–Trinajstić information content (AvgIpc) is 2.53. The van der Waals surface area contributed by atoms with Crippen LogP contribution in [0.5, 0.6) is 0 Å². The van der Waals surface area contributed by atoms with E-state index >= 15 is 0 Å². The standard InChI is InChI=1S/C19H25N3O2/c1-12(2)10-17(18(21)23)22(19(24)13(3)20)16-9-8-14-6-4-5-7-15(14)11-16/h4-9,11-13,17H,10,20H2,1-3H3,(H2,21,23)/t13-,17-/m0/s1. The Balaban J connectivity index is 2.54. The number of fused-ring (bicyclic) bond motifs is 1. The first-order valence-electron chi connectivity index (χ1n) is 8.18. The summed E-state index contributed by atoms with van der Waals surface area (Å²) >= 11 is 0. The van der Waals surface area contributed by atoms with Crippen molar-refractivity contribution >= 4 is 28.3 Å². The zero-order valence-electron chi connectivity index (χ0n) is 14.4. The Bertz CT molecular complexity index is 740. The maximum Gasteiger partial charge on any atom is 0.244 e. The van der Waals surface area contributed by atoms with Gasteiger partial charge in [0.2, 0.25) is 11.8 Å². The van der Waals surface area contributed by atoms with Crippen LogP contribution in [0.1, 0.15) is 27.2 Å². The van der Waals surface area contributed by atoms with Crippen molar-refractivity contribution in [3.05, 3.63) is 42.5 Å². The SMILES string of the molecule is CC(C)C[C@@H](C(N)=O)N(C(=O)[C@H](C)N)c1ccc2ccccc2c1. The predicted octanol–water partition coefficient (Wildman–Crippen LogP) is 2.42. The monoisotopic (exact) mass is 327 g/mol. The van der Waals surface area contributed by atoms with Crippen molar-refractivity contribution in [1.82, 2.24) is 0 Å². The lowest BCUT2D eigenvalue weighted by Gasteiger charge is -2.32. The molecule has 0 fully saturated rings. The lowest BCUT2D eigenvalue weighted by Crippen LogP contribution is -2.53. The van der Waals surface area contributed by atoms with Gasteiger partial charge in [0, 0.05) is 5.69 Å². The van der Waals surface area contributed by atoms with Crippen molar-refractivity contribution in [2.45, 2.75) is 39.3 Å². The summed E-state index contributed by atoms with van der Waals surface area (Å²) in [6.45, 7) is 5.60. The maximum atomic E-state index is 12.7. The van der Waals surface area contributed by atoms with Crippen molar-refractivity contribution in [3.8, 4) is 0 Å². The van der Waals surface area contributed by atoms with E-state index in [-0.39, 0.29) is 11.8 Å². The number of rotatable bonds is 6. The van der Waals surface area contributed by atoms with Gasteiger partial charge in [-0.15, -0.1) is 0 Å². The van der Waals surface area contributed by atoms with E-state index in [1.165, 1.54) is 4.90 Å². The molecule has 2 rings (SSSR count). The van der Waals surface area contributed by atoms with Gasteiger partial charge < -0.3 is 11.5 Å². The van der Waals surface area contributed by atoms with E-state index in [9.17, 15) is 9.59 Å². The van der Waals surface area contributed by atoms with Crippen LogP contribution in [-0.2, 0) is 9.59 Å². The van der Waals surface area contributed by atoms with Gasteiger partial charge in [-0.2, -0.15) is 0 Å². The van der Waals surface area contributed by atoms with E-state index in [2.05, 4.69) is 0 Å². The molecule has 0 aliphatic heterocycles. The zero-order chi connectivity index (χ0) is 17.9. The van der Waals surface area contributed by atoms with E-state index in [0.29, 0.717) is 12.1 Å². The quantitative estimate of drug-likeness (QED) is 0.854. The molecule has 2 atom stereocenters. The highest BCUT2D eigenvalue weighted by Crippen LogP contribution is 2.26. The molecule has 2 aromatic carbocycles. The Morgan fingerprint density at radius 3 is 2.21 bits per heavy atom. The number of carbonyl (C=O) groups excluding carboxylic acids is 2. The fraction of sp³-hybridized carbons (Fsp3) is 0.368. The zero-order valence-corrected chi connectivity index (χ0v) is 14.4. The molecular formula is C19H25N3O2. The van der Waals surface area contributed by atoms with Crippen molar-refractivity contribution in [2.24, 2.45) is 17.4 Å². The lowest BCUT2D eigenvalue weighted by atomic mass is 9.99. The Hall–Kier alpha value is -2.40. The molecular weight excluding hydrogens is 302 g/mol. The van der Waals surface area contributed by atoms with Gasteiger partial charge in [0.15, 0.2) is 0 Å². The number of carbonyl (C=O) groups is 2. The topological polar surface area (TPSA) is 89.4 Å². The summed E-state index contributed by atoms with van der Waals surface area (Å²) in [4.78, 5) is 26.2. The lowest BCUT2D eigenvalue weighted by molar-refractivity contribution is -0.125. The van der Waals surface area contributed by atoms with Crippen LogP contribution in [0.15, 0.2) is 42.5 Å². The third-order valence-corrected chi connectivity index (χ3v) is 3.97. The largest absolute Gasteiger partial charge is 0.368 e. The van der Waals surface area contributed by atoms with Gasteiger partial charge >= 0.3 is 0 Å². The Kier molecular flexibility index (Phi) is 5.57. The maximum absolute atomic E-state index is 12.7. The highest BCUT2D eigenvalue weighted by molar-refractivity contribution is 6.04. The Labute approximate surface area is 142 Å². The summed E-state index contributed by atoms with van der Waals surface area (Å²) in [6.07, 6.45) is 0.487. The molecule has 0 saturated carbocycles. The molecule has 0 aliphatic carbocycles. The third-order valence-electron chi connectivity index (χ3n) is 3.97. The molecule has 0 spiro atoms. The molecule has 0 heterocycles. The summed E-state index contributed by atoms with van der Waals surface area (Å²) in [7, 11) is 0. The minimum absolute atomic E-state index is 0.214. The van der Waals surface area contributed by atoms with Gasteiger partial charge in [-0.25, -0.2) is 0 Å². The van der Waals surface area contributed by atoms with Crippen molar-refractivity contribution in [3.63, 3.8) is 0 Å². The summed E-state index contributed by atoms with van der Waals surface area (Å²) in [6, 6.07) is 12.1. The molecule has 128 valence electrons. The molecule has 5 heteroatoms. The second kappa shape index (κ2) is 7.45. The average molecular weight is 327 g/mol. The van der Waals surface area contributed by atoms with Gasteiger partial charge in [-0.1, -0.05) is 44.2 Å². The number of hydrogen-bond donors (Lipinski definition) is 2. The molecule has 0 radical (unpaired) electrons. The highest BCUT2D eigenvalue weighted by Gasteiger charge is 2.31. The molecule has 0 aliphatic rings. The number of benzene rings is 2. The Morgan fingerprint density at radius 1 is 1.04 bits per heavy atom. The van der Waals surface area contributed by atoms with Crippen LogP contribution < -0.4 is 16.4 Å². The van der Waals surface area contributed by atoms with Crippen molar-refractivity contribution in [1.29, 1.82) is 0 Å². The molecule has 0 unspecified atom stereocenters. The van der Waals surface area contributed by atoms with E-state index in [1.807, 2.05) is 56.3 Å². The first-order chi connectivity index (χ1) is 11.3. The first-order valence-corrected chi connectivity index (χ1v) is 8.18. The number of anilines is 1. The van der Waals surface area contributed by atoms with E-state index in [1.54, 1.807) is 6.92 Å². The van der Waals surface area contributed by atoms with Crippen LogP contribution in [0.3, 0.4) is 0 Å². The van der Waals surface area contributed by atoms with E-state index in [4.69, 9.17) is 11.5 Å². The minimum Gasteiger partial charge on any atom is -0.368 e. The number of primary amides is 1. The molecule has 2 aromatic rings. The van der Waals surface area contributed by atoms with Crippen LogP contribution in [0.2, 0.25) is 0 Å². The number of amides is 2. The molecule has 4 N–H and O–H groups in total. The fourth-order valence-corrected chi connectivity index (χ4v) is 2.80. The number of nitrogens with two attached hydrogens (primary N) is 2. The second-order valence-corrected chi connectivity index (χ2v) is 6.58. The third kappa shape index (κ3) is 3.92. The second-order valence-electron chi connectivity index (χ2n) is 6.58. The van der Waals surface area contributed by atoms with E-state index < -0.39 is 18.0 Å². The Morgan fingerprint density at radius 2 is 1.67 bits per heavy atom. The molecule has 0 bridgehead atoms. The van der Waals surface area contributed by atoms with Gasteiger partial charge in [-0.05, 0) is 42.2 Å². The normalized spacial score (nSPS) is 13.7.